The minimum absolute atomic E-state index is 0.698. The Bertz CT molecular complexity index is 507. The van der Waals surface area contributed by atoms with Crippen molar-refractivity contribution in [2.45, 2.75) is 6.54 Å². The number of nitrogens with zero attached hydrogens (tertiary/aromatic N) is 3. The third-order valence-corrected chi connectivity index (χ3v) is 2.80. The summed E-state index contributed by atoms with van der Waals surface area (Å²) >= 11 is 0. The number of aromatic nitrogens is 2. The predicted octanol–water partition coefficient (Wildman–Crippen LogP) is 1.20. The van der Waals surface area contributed by atoms with Crippen molar-refractivity contribution in [3.05, 3.63) is 24.5 Å². The third-order valence-electron chi connectivity index (χ3n) is 2.80. The molecular weight excluding hydrogens is 228 g/mol. The second-order valence-corrected chi connectivity index (χ2v) is 4.60. The van der Waals surface area contributed by atoms with E-state index in [1.165, 1.54) is 0 Å². The van der Waals surface area contributed by atoms with Crippen LogP contribution in [0.4, 0.5) is 5.69 Å². The van der Waals surface area contributed by atoms with Gasteiger partial charge in [0.2, 0.25) is 0 Å². The van der Waals surface area contributed by atoms with Crippen LogP contribution in [0.25, 0.3) is 11.0 Å². The summed E-state index contributed by atoms with van der Waals surface area (Å²) in [6, 6.07) is 5.78. The summed E-state index contributed by atoms with van der Waals surface area (Å²) < 4.78 is 7.66. The maximum Gasteiger partial charge on any atom is 0.0959 e. The van der Waals surface area contributed by atoms with Gasteiger partial charge in [-0.1, -0.05) is 0 Å². The smallest absolute Gasteiger partial charge is 0.0959 e. The number of benzene rings is 1. The van der Waals surface area contributed by atoms with E-state index in [-0.39, 0.29) is 0 Å². The number of fused-ring (bicyclic) bond motifs is 1. The van der Waals surface area contributed by atoms with Crippen molar-refractivity contribution in [3.63, 3.8) is 0 Å². The second kappa shape index (κ2) is 5.84. The van der Waals surface area contributed by atoms with Crippen LogP contribution in [0, 0.1) is 0 Å². The Morgan fingerprint density at radius 2 is 2.17 bits per heavy atom. The first-order valence-electron chi connectivity index (χ1n) is 6.09. The molecular formula is C13H20N4O. The molecule has 1 aromatic heterocycles. The highest BCUT2D eigenvalue weighted by molar-refractivity contribution is 5.78. The average Bonchev–Trinajstić information content (AvgIpc) is 2.70. The van der Waals surface area contributed by atoms with E-state index < -0.39 is 0 Å². The quantitative estimate of drug-likeness (QED) is 0.616. The number of anilines is 1. The van der Waals surface area contributed by atoms with E-state index in [4.69, 9.17) is 10.5 Å². The molecule has 2 aromatic rings. The molecule has 18 heavy (non-hydrogen) atoms. The van der Waals surface area contributed by atoms with Gasteiger partial charge in [-0.05, 0) is 32.3 Å². The highest BCUT2D eigenvalue weighted by Gasteiger charge is 2.02. The van der Waals surface area contributed by atoms with Gasteiger partial charge in [0, 0.05) is 18.8 Å². The Morgan fingerprint density at radius 3 is 2.94 bits per heavy atom. The van der Waals surface area contributed by atoms with Gasteiger partial charge in [0.15, 0.2) is 0 Å². The van der Waals surface area contributed by atoms with Gasteiger partial charge in [0.05, 0.1) is 30.6 Å². The molecule has 0 aliphatic rings. The lowest BCUT2D eigenvalue weighted by Crippen LogP contribution is -2.19. The Kier molecular flexibility index (Phi) is 4.17. The molecule has 0 radical (unpaired) electrons. The number of imidazole rings is 1. The number of hydrogen-bond acceptors (Lipinski definition) is 4. The molecule has 1 heterocycles. The monoisotopic (exact) mass is 248 g/mol. The molecule has 5 nitrogen and oxygen atoms in total. The number of rotatable bonds is 6. The van der Waals surface area contributed by atoms with Crippen molar-refractivity contribution in [3.8, 4) is 0 Å². The Morgan fingerprint density at radius 1 is 1.33 bits per heavy atom. The standard InChI is InChI=1S/C13H20N4O/c1-16(2)5-7-18-8-6-17-10-15-12-9-11(14)3-4-13(12)17/h3-4,9-10H,5-8,14H2,1-2H3. The predicted molar refractivity (Wildman–Crippen MR) is 73.5 cm³/mol. The molecule has 0 atom stereocenters. The van der Waals surface area contributed by atoms with E-state index in [1.54, 1.807) is 0 Å². The number of ether oxygens (including phenoxy) is 1. The first-order chi connectivity index (χ1) is 8.66. The van der Waals surface area contributed by atoms with Gasteiger partial charge in [-0.15, -0.1) is 0 Å². The zero-order valence-electron chi connectivity index (χ0n) is 11.0. The van der Waals surface area contributed by atoms with Crippen LogP contribution in [0.3, 0.4) is 0 Å². The lowest BCUT2D eigenvalue weighted by molar-refractivity contribution is 0.111. The first kappa shape index (κ1) is 12.9. The SMILES string of the molecule is CN(C)CCOCCn1cnc2cc(N)ccc21. The fraction of sp³-hybridized carbons (Fsp3) is 0.462. The molecule has 0 saturated heterocycles. The van der Waals surface area contributed by atoms with Gasteiger partial charge in [0.1, 0.15) is 0 Å². The van der Waals surface area contributed by atoms with E-state index in [0.29, 0.717) is 6.61 Å². The van der Waals surface area contributed by atoms with Gasteiger partial charge >= 0.3 is 0 Å². The number of nitrogen functional groups attached to an aromatic ring is 1. The molecule has 2 N–H and O–H groups in total. The number of nitrogens with two attached hydrogens (primary N) is 1. The fourth-order valence-corrected chi connectivity index (χ4v) is 1.77. The molecule has 0 bridgehead atoms. The van der Waals surface area contributed by atoms with Gasteiger partial charge in [-0.2, -0.15) is 0 Å². The Hall–Kier alpha value is -1.59. The molecule has 0 spiro atoms. The van der Waals surface area contributed by atoms with Crippen LogP contribution in [-0.2, 0) is 11.3 Å². The van der Waals surface area contributed by atoms with Crippen LogP contribution >= 0.6 is 0 Å². The van der Waals surface area contributed by atoms with Crippen molar-refractivity contribution in [1.29, 1.82) is 0 Å². The van der Waals surface area contributed by atoms with Gasteiger partial charge < -0.3 is 19.9 Å². The van der Waals surface area contributed by atoms with E-state index in [0.717, 1.165) is 36.4 Å². The van der Waals surface area contributed by atoms with E-state index >= 15 is 0 Å². The molecule has 0 aliphatic carbocycles. The van der Waals surface area contributed by atoms with Crippen LogP contribution in [0.5, 0.6) is 0 Å². The molecule has 0 amide bonds. The molecule has 1 aromatic carbocycles. The zero-order valence-corrected chi connectivity index (χ0v) is 11.0. The van der Waals surface area contributed by atoms with Gasteiger partial charge in [-0.25, -0.2) is 4.98 Å². The Balaban J connectivity index is 1.88. The van der Waals surface area contributed by atoms with Crippen molar-refractivity contribution >= 4 is 16.7 Å². The number of likely N-dealkylation sites (N-methyl/N-ethyl adjacent to an activating group) is 1. The Labute approximate surface area is 107 Å². The summed E-state index contributed by atoms with van der Waals surface area (Å²) in [6.45, 7) is 3.21. The molecule has 0 aliphatic heterocycles. The molecule has 0 fully saturated rings. The fourth-order valence-electron chi connectivity index (χ4n) is 1.77. The summed E-state index contributed by atoms with van der Waals surface area (Å²) in [5, 5.41) is 0. The average molecular weight is 248 g/mol. The topological polar surface area (TPSA) is 56.3 Å². The summed E-state index contributed by atoms with van der Waals surface area (Å²) in [7, 11) is 4.08. The minimum atomic E-state index is 0.698. The van der Waals surface area contributed by atoms with Crippen LogP contribution in [0.15, 0.2) is 24.5 Å². The van der Waals surface area contributed by atoms with Crippen molar-refractivity contribution in [2.24, 2.45) is 0 Å². The van der Waals surface area contributed by atoms with E-state index in [1.807, 2.05) is 38.6 Å². The molecule has 98 valence electrons. The van der Waals surface area contributed by atoms with E-state index in [2.05, 4.69) is 14.5 Å². The van der Waals surface area contributed by atoms with Crippen LogP contribution in [0.2, 0.25) is 0 Å². The van der Waals surface area contributed by atoms with Crippen LogP contribution < -0.4 is 5.73 Å². The van der Waals surface area contributed by atoms with Crippen LogP contribution in [-0.4, -0.2) is 48.3 Å². The lowest BCUT2D eigenvalue weighted by Gasteiger charge is -2.10. The lowest BCUT2D eigenvalue weighted by atomic mass is 10.3. The maximum atomic E-state index is 5.72. The third kappa shape index (κ3) is 3.21. The summed E-state index contributed by atoms with van der Waals surface area (Å²) in [5.74, 6) is 0. The van der Waals surface area contributed by atoms with Crippen LogP contribution in [0.1, 0.15) is 0 Å². The first-order valence-corrected chi connectivity index (χ1v) is 6.09. The van der Waals surface area contributed by atoms with Gasteiger partial charge in [0.25, 0.3) is 0 Å². The normalized spacial score (nSPS) is 11.5. The summed E-state index contributed by atoms with van der Waals surface area (Å²) in [6.07, 6.45) is 1.83. The zero-order chi connectivity index (χ0) is 13.0. The van der Waals surface area contributed by atoms with Gasteiger partial charge in [-0.3, -0.25) is 0 Å². The number of hydrogen-bond donors (Lipinski definition) is 1. The molecule has 0 unspecified atom stereocenters. The molecule has 0 saturated carbocycles. The largest absolute Gasteiger partial charge is 0.399 e. The summed E-state index contributed by atoms with van der Waals surface area (Å²) in [5.41, 5.74) is 8.50. The van der Waals surface area contributed by atoms with Crippen molar-refractivity contribution in [2.75, 3.05) is 39.6 Å². The summed E-state index contributed by atoms with van der Waals surface area (Å²) in [4.78, 5) is 6.43. The second-order valence-electron chi connectivity index (χ2n) is 4.60. The minimum Gasteiger partial charge on any atom is -0.399 e. The molecule has 2 rings (SSSR count). The van der Waals surface area contributed by atoms with E-state index in [9.17, 15) is 0 Å². The maximum absolute atomic E-state index is 5.72. The molecule has 5 heteroatoms. The van der Waals surface area contributed by atoms with Crippen molar-refractivity contribution in [1.82, 2.24) is 14.5 Å². The highest BCUT2D eigenvalue weighted by atomic mass is 16.5. The van der Waals surface area contributed by atoms with Crippen molar-refractivity contribution < 1.29 is 4.74 Å². The highest BCUT2D eigenvalue weighted by Crippen LogP contribution is 2.15.